The zero-order valence-corrected chi connectivity index (χ0v) is 19.4. The number of hydrogen-bond acceptors (Lipinski definition) is 2. The van der Waals surface area contributed by atoms with E-state index in [9.17, 15) is 0 Å². The highest BCUT2D eigenvalue weighted by Crippen LogP contribution is 2.41. The fourth-order valence-corrected chi connectivity index (χ4v) is 4.65. The van der Waals surface area contributed by atoms with Crippen LogP contribution < -0.4 is 0 Å². The summed E-state index contributed by atoms with van der Waals surface area (Å²) in [5.41, 5.74) is 8.39. The normalized spacial score (nSPS) is 24.0. The molecule has 0 aliphatic heterocycles. The van der Waals surface area contributed by atoms with Gasteiger partial charge in [-0.25, -0.2) is 0 Å². The summed E-state index contributed by atoms with van der Waals surface area (Å²) < 4.78 is 0. The summed E-state index contributed by atoms with van der Waals surface area (Å²) in [6.07, 6.45) is 16.3. The van der Waals surface area contributed by atoms with Gasteiger partial charge in [0.15, 0.2) is 0 Å². The van der Waals surface area contributed by atoms with E-state index in [1.165, 1.54) is 60.8 Å². The molecule has 154 valence electrons. The number of nitrogens with zero attached hydrogens (tertiary/aromatic N) is 2. The fourth-order valence-electron chi connectivity index (χ4n) is 4.65. The lowest BCUT2D eigenvalue weighted by atomic mass is 9.72. The first-order valence-corrected chi connectivity index (χ1v) is 10.9. The first-order valence-electron chi connectivity index (χ1n) is 10.9. The summed E-state index contributed by atoms with van der Waals surface area (Å²) in [5, 5.41) is 8.86. The van der Waals surface area contributed by atoms with E-state index in [1.807, 2.05) is 13.8 Å². The van der Waals surface area contributed by atoms with Gasteiger partial charge >= 0.3 is 0 Å². The summed E-state index contributed by atoms with van der Waals surface area (Å²) in [6, 6.07) is 0. The van der Waals surface area contributed by atoms with Gasteiger partial charge in [-0.3, -0.25) is 0 Å². The first-order chi connectivity index (χ1) is 13.0. The van der Waals surface area contributed by atoms with E-state index in [0.717, 1.165) is 11.4 Å². The Hall–Kier alpha value is -1.70. The maximum atomic E-state index is 4.43. The minimum absolute atomic E-state index is 0.263. The van der Waals surface area contributed by atoms with Crippen LogP contribution in [0.25, 0.3) is 0 Å². The van der Waals surface area contributed by atoms with Gasteiger partial charge in [-0.2, -0.15) is 10.2 Å². The molecule has 0 radical (unpaired) electrons. The smallest absolute Gasteiger partial charge is 0.0599 e. The van der Waals surface area contributed by atoms with Crippen LogP contribution in [-0.4, -0.2) is 11.4 Å². The molecule has 0 N–H and O–H groups in total. The molecule has 0 spiro atoms. The Morgan fingerprint density at radius 2 is 1.07 bits per heavy atom. The zero-order valence-electron chi connectivity index (χ0n) is 19.4. The molecule has 0 unspecified atom stereocenters. The van der Waals surface area contributed by atoms with Gasteiger partial charge in [0.25, 0.3) is 0 Å². The molecule has 0 aromatic carbocycles. The summed E-state index contributed by atoms with van der Waals surface area (Å²) in [4.78, 5) is 0. The molecule has 0 fully saturated rings. The summed E-state index contributed by atoms with van der Waals surface area (Å²) in [5.74, 6) is 0. The van der Waals surface area contributed by atoms with Crippen LogP contribution in [0.2, 0.25) is 0 Å². The molecule has 2 aliphatic carbocycles. The van der Waals surface area contributed by atoms with E-state index >= 15 is 0 Å². The van der Waals surface area contributed by atoms with E-state index in [4.69, 9.17) is 0 Å². The van der Waals surface area contributed by atoms with Gasteiger partial charge in [-0.1, -0.05) is 51.0 Å². The molecule has 0 saturated heterocycles. The summed E-state index contributed by atoms with van der Waals surface area (Å²) >= 11 is 0. The lowest BCUT2D eigenvalue weighted by Gasteiger charge is -2.32. The highest BCUT2D eigenvalue weighted by molar-refractivity contribution is 5.96. The van der Waals surface area contributed by atoms with E-state index in [1.54, 1.807) is 0 Å². The van der Waals surface area contributed by atoms with Crippen molar-refractivity contribution >= 4 is 11.4 Å². The average molecular weight is 381 g/mol. The number of allylic oxidation sites excluding steroid dienone is 8. The molecule has 2 nitrogen and oxygen atoms in total. The van der Waals surface area contributed by atoms with Crippen LogP contribution in [0.3, 0.4) is 0 Å². The van der Waals surface area contributed by atoms with Crippen LogP contribution in [0.4, 0.5) is 0 Å². The third kappa shape index (κ3) is 5.90. The van der Waals surface area contributed by atoms with Crippen molar-refractivity contribution in [2.75, 3.05) is 0 Å². The lowest BCUT2D eigenvalue weighted by molar-refractivity contribution is 0.376. The van der Waals surface area contributed by atoms with Gasteiger partial charge in [-0.05, 0) is 100 Å². The van der Waals surface area contributed by atoms with Crippen LogP contribution in [-0.2, 0) is 0 Å². The maximum Gasteiger partial charge on any atom is 0.0599 e. The Kier molecular flexibility index (Phi) is 7.42. The van der Waals surface area contributed by atoms with Crippen LogP contribution in [0.5, 0.6) is 0 Å². The van der Waals surface area contributed by atoms with Crippen molar-refractivity contribution in [2.45, 2.75) is 93.9 Å². The number of hydrogen-bond donors (Lipinski definition) is 0. The Morgan fingerprint density at radius 3 is 1.39 bits per heavy atom. The molecule has 0 bridgehead atoms. The van der Waals surface area contributed by atoms with E-state index in [-0.39, 0.29) is 10.8 Å². The van der Waals surface area contributed by atoms with Crippen molar-refractivity contribution < 1.29 is 0 Å². The SMILES string of the molecule is CC1=C(\C=C/C(C)=N\N=C(C)/C=C/C2=C(C)CCCC2(C)C)C(C)(C)CCC1. The second-order valence-corrected chi connectivity index (χ2v) is 10.0. The molecule has 0 atom stereocenters. The van der Waals surface area contributed by atoms with Gasteiger partial charge in [0.1, 0.15) is 0 Å². The molecule has 2 heteroatoms. The van der Waals surface area contributed by atoms with Crippen LogP contribution in [0, 0.1) is 10.8 Å². The van der Waals surface area contributed by atoms with Crippen LogP contribution >= 0.6 is 0 Å². The van der Waals surface area contributed by atoms with E-state index in [0.29, 0.717) is 0 Å². The lowest BCUT2D eigenvalue weighted by Crippen LogP contribution is -2.19. The first kappa shape index (κ1) is 22.6. The summed E-state index contributed by atoms with van der Waals surface area (Å²) in [6.45, 7) is 18.0. The van der Waals surface area contributed by atoms with Crippen molar-refractivity contribution in [1.82, 2.24) is 0 Å². The van der Waals surface area contributed by atoms with Gasteiger partial charge in [0, 0.05) is 0 Å². The minimum atomic E-state index is 0.263. The van der Waals surface area contributed by atoms with Gasteiger partial charge in [-0.15, -0.1) is 0 Å². The Morgan fingerprint density at radius 1 is 0.714 bits per heavy atom. The highest BCUT2D eigenvalue weighted by atomic mass is 15.2. The molecular formula is C26H40N2. The Labute approximate surface area is 173 Å². The topological polar surface area (TPSA) is 24.7 Å². The van der Waals surface area contributed by atoms with E-state index < -0.39 is 0 Å². The second-order valence-electron chi connectivity index (χ2n) is 10.0. The maximum absolute atomic E-state index is 4.43. The van der Waals surface area contributed by atoms with Crippen LogP contribution in [0.1, 0.15) is 93.9 Å². The quantitative estimate of drug-likeness (QED) is 0.341. The van der Waals surface area contributed by atoms with E-state index in [2.05, 4.69) is 76.0 Å². The van der Waals surface area contributed by atoms with Crippen molar-refractivity contribution in [3.8, 4) is 0 Å². The third-order valence-electron chi connectivity index (χ3n) is 6.43. The molecule has 2 rings (SSSR count). The predicted octanol–water partition coefficient (Wildman–Crippen LogP) is 7.99. The highest BCUT2D eigenvalue weighted by Gasteiger charge is 2.27. The van der Waals surface area contributed by atoms with Crippen LogP contribution in [0.15, 0.2) is 56.8 Å². The third-order valence-corrected chi connectivity index (χ3v) is 6.43. The minimum Gasteiger partial charge on any atom is -0.156 e. The molecule has 2 aliphatic rings. The van der Waals surface area contributed by atoms with Crippen molar-refractivity contribution in [2.24, 2.45) is 21.0 Å². The van der Waals surface area contributed by atoms with Gasteiger partial charge < -0.3 is 0 Å². The average Bonchev–Trinajstić information content (AvgIpc) is 2.58. The molecular weight excluding hydrogens is 340 g/mol. The predicted molar refractivity (Wildman–Crippen MR) is 125 cm³/mol. The van der Waals surface area contributed by atoms with Crippen molar-refractivity contribution in [1.29, 1.82) is 0 Å². The van der Waals surface area contributed by atoms with Crippen molar-refractivity contribution in [3.63, 3.8) is 0 Å². The fraction of sp³-hybridized carbons (Fsp3) is 0.615. The van der Waals surface area contributed by atoms with Crippen molar-refractivity contribution in [3.05, 3.63) is 46.6 Å². The molecule has 0 amide bonds. The Balaban J connectivity index is 2.10. The molecule has 28 heavy (non-hydrogen) atoms. The van der Waals surface area contributed by atoms with Gasteiger partial charge in [0.05, 0.1) is 11.4 Å². The zero-order chi connectivity index (χ0) is 20.9. The molecule has 0 heterocycles. The standard InChI is InChI=1S/C26H40N2/c1-19-11-9-17-25(5,6)23(19)15-13-21(3)27-28-22(4)14-16-24-20(2)12-10-18-26(24,7)8/h13-16H,9-12,17-18H2,1-8H3/b15-13-,16-14+,27-21-,28-22-. The Bertz CT molecular complexity index is 698. The van der Waals surface area contributed by atoms with Gasteiger partial charge in [0.2, 0.25) is 0 Å². The molecule has 0 aromatic heterocycles. The summed E-state index contributed by atoms with van der Waals surface area (Å²) in [7, 11) is 0. The molecule has 0 aromatic rings. The largest absolute Gasteiger partial charge is 0.156 e. The monoisotopic (exact) mass is 380 g/mol. The molecule has 0 saturated carbocycles. The number of rotatable bonds is 5. The second kappa shape index (κ2) is 9.20.